The quantitative estimate of drug-likeness (QED) is 0.728. The van der Waals surface area contributed by atoms with E-state index in [4.69, 9.17) is 9.47 Å². The Balaban J connectivity index is 0.00000243. The number of rotatable bonds is 7. The smallest absolute Gasteiger partial charge is 0.122 e. The first kappa shape index (κ1) is 20.6. The molecule has 0 spiro atoms. The number of aryl methyl sites for hydroxylation is 1. The molecule has 0 aromatic heterocycles. The predicted octanol–water partition coefficient (Wildman–Crippen LogP) is 3.18. The van der Waals surface area contributed by atoms with Crippen molar-refractivity contribution in [3.63, 3.8) is 0 Å². The molecular weight excluding hydrogens is 350 g/mol. The van der Waals surface area contributed by atoms with E-state index in [2.05, 4.69) is 29.6 Å². The number of fused-ring (bicyclic) bond motifs is 1. The number of nitrogens with one attached hydrogen (secondary N) is 1. The van der Waals surface area contributed by atoms with Crippen molar-refractivity contribution in [2.45, 2.75) is 37.8 Å². The summed E-state index contributed by atoms with van der Waals surface area (Å²) in [5, 5.41) is 14.1. The van der Waals surface area contributed by atoms with Crippen LogP contribution >= 0.6 is 12.4 Å². The SMILES string of the molecule is COc1ccc(OC)c2c1C[C@H](NCCCc1ccccc1)[C@@H](O)C2.Cl. The normalized spacial score (nSPS) is 18.6. The Hall–Kier alpha value is -1.75. The van der Waals surface area contributed by atoms with Crippen molar-refractivity contribution in [2.75, 3.05) is 20.8 Å². The second-order valence-electron chi connectivity index (χ2n) is 6.55. The van der Waals surface area contributed by atoms with Crippen LogP contribution in [0.2, 0.25) is 0 Å². The van der Waals surface area contributed by atoms with Crippen LogP contribution in [0.15, 0.2) is 42.5 Å². The summed E-state index contributed by atoms with van der Waals surface area (Å²) in [5.41, 5.74) is 3.56. The van der Waals surface area contributed by atoms with Crippen molar-refractivity contribution in [2.24, 2.45) is 0 Å². The Morgan fingerprint density at radius 1 is 0.962 bits per heavy atom. The molecule has 0 saturated heterocycles. The molecule has 2 N–H and O–H groups in total. The lowest BCUT2D eigenvalue weighted by molar-refractivity contribution is 0.117. The Morgan fingerprint density at radius 3 is 2.19 bits per heavy atom. The third-order valence-corrected chi connectivity index (χ3v) is 4.98. The van der Waals surface area contributed by atoms with Crippen LogP contribution in [0, 0.1) is 0 Å². The molecule has 0 aliphatic heterocycles. The first-order chi connectivity index (χ1) is 12.2. The van der Waals surface area contributed by atoms with E-state index >= 15 is 0 Å². The maximum absolute atomic E-state index is 10.6. The summed E-state index contributed by atoms with van der Waals surface area (Å²) in [6.45, 7) is 0.887. The van der Waals surface area contributed by atoms with Crippen molar-refractivity contribution >= 4 is 12.4 Å². The van der Waals surface area contributed by atoms with E-state index in [-0.39, 0.29) is 18.4 Å². The Bertz CT molecular complexity index is 693. The molecule has 3 rings (SSSR count). The second-order valence-corrected chi connectivity index (χ2v) is 6.55. The number of ether oxygens (including phenoxy) is 2. The molecule has 0 radical (unpaired) electrons. The van der Waals surface area contributed by atoms with Crippen LogP contribution in [-0.2, 0) is 19.3 Å². The van der Waals surface area contributed by atoms with Crippen molar-refractivity contribution in [1.82, 2.24) is 5.32 Å². The Morgan fingerprint density at radius 2 is 1.58 bits per heavy atom. The van der Waals surface area contributed by atoms with Crippen LogP contribution in [0.25, 0.3) is 0 Å². The molecule has 0 unspecified atom stereocenters. The van der Waals surface area contributed by atoms with Crippen LogP contribution < -0.4 is 14.8 Å². The topological polar surface area (TPSA) is 50.7 Å². The fourth-order valence-electron chi connectivity index (χ4n) is 3.62. The predicted molar refractivity (Wildman–Crippen MR) is 107 cm³/mol. The lowest BCUT2D eigenvalue weighted by atomic mass is 9.85. The molecule has 26 heavy (non-hydrogen) atoms. The van der Waals surface area contributed by atoms with Gasteiger partial charge in [-0.1, -0.05) is 30.3 Å². The third kappa shape index (κ3) is 4.70. The van der Waals surface area contributed by atoms with Gasteiger partial charge in [0.2, 0.25) is 0 Å². The van der Waals surface area contributed by atoms with Gasteiger partial charge in [-0.2, -0.15) is 0 Å². The highest BCUT2D eigenvalue weighted by molar-refractivity contribution is 5.85. The summed E-state index contributed by atoms with van der Waals surface area (Å²) >= 11 is 0. The molecule has 5 heteroatoms. The molecular formula is C21H28ClNO3. The molecule has 0 amide bonds. The highest BCUT2D eigenvalue weighted by Crippen LogP contribution is 2.36. The average molecular weight is 378 g/mol. The van der Waals surface area contributed by atoms with E-state index in [1.165, 1.54) is 5.56 Å². The summed E-state index contributed by atoms with van der Waals surface area (Å²) in [5.74, 6) is 1.70. The zero-order chi connectivity index (χ0) is 17.6. The molecule has 2 atom stereocenters. The minimum absolute atomic E-state index is 0. The van der Waals surface area contributed by atoms with Gasteiger partial charge in [0.15, 0.2) is 0 Å². The molecule has 2 aromatic carbocycles. The van der Waals surface area contributed by atoms with Gasteiger partial charge in [0, 0.05) is 23.6 Å². The summed E-state index contributed by atoms with van der Waals surface area (Å²) in [6.07, 6.45) is 3.03. The minimum atomic E-state index is -0.412. The number of aliphatic hydroxyl groups is 1. The van der Waals surface area contributed by atoms with Crippen molar-refractivity contribution < 1.29 is 14.6 Å². The molecule has 2 aromatic rings. The molecule has 0 bridgehead atoms. The van der Waals surface area contributed by atoms with E-state index in [0.29, 0.717) is 6.42 Å². The van der Waals surface area contributed by atoms with E-state index in [0.717, 1.165) is 48.4 Å². The highest BCUT2D eigenvalue weighted by atomic mass is 35.5. The fraction of sp³-hybridized carbons (Fsp3) is 0.429. The van der Waals surface area contributed by atoms with Crippen LogP contribution in [-0.4, -0.2) is 38.0 Å². The number of hydrogen-bond donors (Lipinski definition) is 2. The number of aliphatic hydroxyl groups excluding tert-OH is 1. The molecule has 0 fully saturated rings. The van der Waals surface area contributed by atoms with Crippen LogP contribution in [0.4, 0.5) is 0 Å². The van der Waals surface area contributed by atoms with Crippen LogP contribution in [0.3, 0.4) is 0 Å². The van der Waals surface area contributed by atoms with Crippen molar-refractivity contribution in [3.05, 3.63) is 59.2 Å². The molecule has 0 saturated carbocycles. The number of hydrogen-bond acceptors (Lipinski definition) is 4. The van der Waals surface area contributed by atoms with Gasteiger partial charge in [-0.15, -0.1) is 12.4 Å². The zero-order valence-electron chi connectivity index (χ0n) is 15.4. The Labute approximate surface area is 161 Å². The van der Waals surface area contributed by atoms with E-state index < -0.39 is 6.10 Å². The summed E-state index contributed by atoms with van der Waals surface area (Å²) in [7, 11) is 3.36. The molecule has 0 heterocycles. The van der Waals surface area contributed by atoms with Gasteiger partial charge in [-0.05, 0) is 43.5 Å². The van der Waals surface area contributed by atoms with Crippen molar-refractivity contribution in [1.29, 1.82) is 0 Å². The van der Waals surface area contributed by atoms with E-state index in [1.807, 2.05) is 18.2 Å². The van der Waals surface area contributed by atoms with Gasteiger partial charge in [-0.25, -0.2) is 0 Å². The van der Waals surface area contributed by atoms with E-state index in [9.17, 15) is 5.11 Å². The lowest BCUT2D eigenvalue weighted by Crippen LogP contribution is -2.46. The number of benzene rings is 2. The summed E-state index contributed by atoms with van der Waals surface area (Å²) in [4.78, 5) is 0. The van der Waals surface area contributed by atoms with Crippen molar-refractivity contribution in [3.8, 4) is 11.5 Å². The van der Waals surface area contributed by atoms with Gasteiger partial charge in [0.1, 0.15) is 11.5 Å². The first-order valence-electron chi connectivity index (χ1n) is 8.91. The second kappa shape index (κ2) is 9.81. The van der Waals surface area contributed by atoms with Gasteiger partial charge in [0.25, 0.3) is 0 Å². The fourth-order valence-corrected chi connectivity index (χ4v) is 3.62. The standard InChI is InChI=1S/C21H27NO3.ClH/c1-24-20-10-11-21(25-2)17-14-19(23)18(13-16(17)20)22-12-6-9-15-7-4-3-5-8-15;/h3-5,7-8,10-11,18-19,22-23H,6,9,12-14H2,1-2H3;1H/t18-,19-;/m0./s1. The lowest BCUT2D eigenvalue weighted by Gasteiger charge is -2.32. The summed E-state index contributed by atoms with van der Waals surface area (Å²) in [6, 6.07) is 14.4. The highest BCUT2D eigenvalue weighted by Gasteiger charge is 2.30. The van der Waals surface area contributed by atoms with Crippen LogP contribution in [0.5, 0.6) is 11.5 Å². The molecule has 1 aliphatic carbocycles. The molecule has 4 nitrogen and oxygen atoms in total. The number of halogens is 1. The summed E-state index contributed by atoms with van der Waals surface area (Å²) < 4.78 is 11.0. The van der Waals surface area contributed by atoms with Crippen LogP contribution in [0.1, 0.15) is 23.1 Å². The first-order valence-corrected chi connectivity index (χ1v) is 8.91. The maximum atomic E-state index is 10.6. The maximum Gasteiger partial charge on any atom is 0.122 e. The largest absolute Gasteiger partial charge is 0.496 e. The Kier molecular flexibility index (Phi) is 7.76. The van der Waals surface area contributed by atoms with Gasteiger partial charge in [0.05, 0.1) is 20.3 Å². The monoisotopic (exact) mass is 377 g/mol. The van der Waals surface area contributed by atoms with Gasteiger partial charge < -0.3 is 19.9 Å². The number of methoxy groups -OCH3 is 2. The third-order valence-electron chi connectivity index (χ3n) is 4.98. The average Bonchev–Trinajstić information content (AvgIpc) is 2.65. The van der Waals surface area contributed by atoms with E-state index in [1.54, 1.807) is 14.2 Å². The molecule has 1 aliphatic rings. The van der Waals surface area contributed by atoms with Gasteiger partial charge in [-0.3, -0.25) is 0 Å². The molecule has 142 valence electrons. The zero-order valence-corrected chi connectivity index (χ0v) is 16.2. The minimum Gasteiger partial charge on any atom is -0.496 e. The van der Waals surface area contributed by atoms with Gasteiger partial charge >= 0.3 is 0 Å².